The van der Waals surface area contributed by atoms with E-state index in [0.29, 0.717) is 16.8 Å². The van der Waals surface area contributed by atoms with Gasteiger partial charge in [0.15, 0.2) is 0 Å². The fraction of sp³-hybridized carbons (Fsp3) is 0.167. The first-order chi connectivity index (χ1) is 11.1. The molecule has 0 aliphatic heterocycles. The lowest BCUT2D eigenvalue weighted by Crippen LogP contribution is -2.12. The zero-order valence-corrected chi connectivity index (χ0v) is 14.1. The fourth-order valence-electron chi connectivity index (χ4n) is 2.07. The van der Waals surface area contributed by atoms with E-state index in [1.807, 2.05) is 30.3 Å². The Hall–Kier alpha value is -2.27. The van der Waals surface area contributed by atoms with Crippen LogP contribution in [-0.4, -0.2) is 24.3 Å². The zero-order chi connectivity index (χ0) is 16.7. The van der Waals surface area contributed by atoms with Gasteiger partial charge in [0.25, 0.3) is 0 Å². The van der Waals surface area contributed by atoms with Gasteiger partial charge in [-0.05, 0) is 36.2 Å². The van der Waals surface area contributed by atoms with Gasteiger partial charge in [-0.1, -0.05) is 40.2 Å². The van der Waals surface area contributed by atoms with Crippen LogP contribution >= 0.6 is 15.9 Å². The zero-order valence-electron chi connectivity index (χ0n) is 12.5. The molecule has 23 heavy (non-hydrogen) atoms. The molecule has 120 valence electrons. The van der Waals surface area contributed by atoms with Crippen LogP contribution in [0.1, 0.15) is 15.9 Å². The van der Waals surface area contributed by atoms with Gasteiger partial charge >= 0.3 is 5.97 Å². The highest BCUT2D eigenvalue weighted by Crippen LogP contribution is 2.23. The molecular weight excluding hydrogens is 360 g/mol. The molecule has 0 heterocycles. The smallest absolute Gasteiger partial charge is 0.339 e. The standard InChI is InChI=1S/C18H17BrO4/c1-2-5-13-6-3-4-7-16(13)22-10-11-23-17-9-8-14(19)12-15(17)18(20)21/h2-4,6-9,12H,1,5,10-11H2,(H,20,21). The van der Waals surface area contributed by atoms with Crippen LogP contribution in [0.4, 0.5) is 0 Å². The van der Waals surface area contributed by atoms with E-state index in [4.69, 9.17) is 9.47 Å². The van der Waals surface area contributed by atoms with Crippen LogP contribution in [0.3, 0.4) is 0 Å². The summed E-state index contributed by atoms with van der Waals surface area (Å²) >= 11 is 3.25. The van der Waals surface area contributed by atoms with Crippen LogP contribution in [-0.2, 0) is 6.42 Å². The maximum Gasteiger partial charge on any atom is 0.339 e. The number of carbonyl (C=O) groups is 1. The van der Waals surface area contributed by atoms with E-state index in [9.17, 15) is 9.90 Å². The second kappa shape index (κ2) is 8.39. The normalized spacial score (nSPS) is 10.1. The summed E-state index contributed by atoms with van der Waals surface area (Å²) in [5.41, 5.74) is 1.17. The number of halogens is 1. The van der Waals surface area contributed by atoms with Crippen molar-refractivity contribution < 1.29 is 19.4 Å². The molecule has 5 heteroatoms. The van der Waals surface area contributed by atoms with Gasteiger partial charge in [0.05, 0.1) is 0 Å². The molecule has 0 aliphatic rings. The summed E-state index contributed by atoms with van der Waals surface area (Å²) in [4.78, 5) is 11.2. The molecule has 0 radical (unpaired) electrons. The summed E-state index contributed by atoms with van der Waals surface area (Å²) in [7, 11) is 0. The van der Waals surface area contributed by atoms with Crippen molar-refractivity contribution in [3.05, 3.63) is 70.7 Å². The molecule has 0 aromatic heterocycles. The van der Waals surface area contributed by atoms with Crippen molar-refractivity contribution in [2.45, 2.75) is 6.42 Å². The Morgan fingerprint density at radius 2 is 1.83 bits per heavy atom. The summed E-state index contributed by atoms with van der Waals surface area (Å²) in [6.07, 6.45) is 2.55. The van der Waals surface area contributed by atoms with Crippen molar-refractivity contribution in [1.82, 2.24) is 0 Å². The molecular formula is C18H17BrO4. The lowest BCUT2D eigenvalue weighted by Gasteiger charge is -2.12. The van der Waals surface area contributed by atoms with Gasteiger partial charge in [0.1, 0.15) is 30.3 Å². The van der Waals surface area contributed by atoms with Gasteiger partial charge < -0.3 is 14.6 Å². The minimum Gasteiger partial charge on any atom is -0.490 e. The summed E-state index contributed by atoms with van der Waals surface area (Å²) < 4.78 is 11.9. The second-order valence-corrected chi connectivity index (χ2v) is 5.66. The van der Waals surface area contributed by atoms with Crippen molar-refractivity contribution in [3.63, 3.8) is 0 Å². The van der Waals surface area contributed by atoms with E-state index in [0.717, 1.165) is 17.7 Å². The minimum atomic E-state index is -1.03. The van der Waals surface area contributed by atoms with Crippen LogP contribution < -0.4 is 9.47 Å². The first kappa shape index (κ1) is 17.1. The molecule has 0 bridgehead atoms. The van der Waals surface area contributed by atoms with E-state index in [-0.39, 0.29) is 12.2 Å². The first-order valence-corrected chi connectivity index (χ1v) is 7.88. The van der Waals surface area contributed by atoms with Crippen LogP contribution in [0.2, 0.25) is 0 Å². The Bertz CT molecular complexity index is 697. The van der Waals surface area contributed by atoms with Gasteiger partial charge in [0, 0.05) is 4.47 Å². The first-order valence-electron chi connectivity index (χ1n) is 7.09. The van der Waals surface area contributed by atoms with E-state index in [2.05, 4.69) is 22.5 Å². The largest absolute Gasteiger partial charge is 0.490 e. The third-order valence-electron chi connectivity index (χ3n) is 3.11. The molecule has 2 rings (SSSR count). The average molecular weight is 377 g/mol. The van der Waals surface area contributed by atoms with Crippen molar-refractivity contribution in [3.8, 4) is 11.5 Å². The monoisotopic (exact) mass is 376 g/mol. The second-order valence-electron chi connectivity index (χ2n) is 4.74. The maximum absolute atomic E-state index is 11.2. The van der Waals surface area contributed by atoms with Crippen LogP contribution in [0, 0.1) is 0 Å². The summed E-state index contributed by atoms with van der Waals surface area (Å²) in [6, 6.07) is 12.6. The highest BCUT2D eigenvalue weighted by molar-refractivity contribution is 9.10. The molecule has 4 nitrogen and oxygen atoms in total. The Labute approximate surface area is 143 Å². The van der Waals surface area contributed by atoms with Gasteiger partial charge in [-0.25, -0.2) is 4.79 Å². The number of para-hydroxylation sites is 1. The number of hydrogen-bond acceptors (Lipinski definition) is 3. The van der Waals surface area contributed by atoms with Crippen molar-refractivity contribution in [1.29, 1.82) is 0 Å². The number of allylic oxidation sites excluding steroid dienone is 1. The molecule has 0 aliphatic carbocycles. The third kappa shape index (κ3) is 4.86. The topological polar surface area (TPSA) is 55.8 Å². The molecule has 0 unspecified atom stereocenters. The third-order valence-corrected chi connectivity index (χ3v) is 3.60. The predicted molar refractivity (Wildman–Crippen MR) is 92.4 cm³/mol. The van der Waals surface area contributed by atoms with Crippen molar-refractivity contribution in [2.24, 2.45) is 0 Å². The van der Waals surface area contributed by atoms with Gasteiger partial charge in [0.2, 0.25) is 0 Å². The molecule has 0 fully saturated rings. The number of rotatable bonds is 8. The minimum absolute atomic E-state index is 0.117. The lowest BCUT2D eigenvalue weighted by molar-refractivity contribution is 0.0691. The number of ether oxygens (including phenoxy) is 2. The van der Waals surface area contributed by atoms with E-state index in [1.54, 1.807) is 12.1 Å². The predicted octanol–water partition coefficient (Wildman–Crippen LogP) is 4.33. The number of carboxylic acids is 1. The Balaban J connectivity index is 1.94. The van der Waals surface area contributed by atoms with Crippen LogP contribution in [0.25, 0.3) is 0 Å². The summed E-state index contributed by atoms with van der Waals surface area (Å²) in [5.74, 6) is 0.0764. The van der Waals surface area contributed by atoms with E-state index >= 15 is 0 Å². The molecule has 0 saturated heterocycles. The van der Waals surface area contributed by atoms with Crippen molar-refractivity contribution >= 4 is 21.9 Å². The molecule has 2 aromatic carbocycles. The number of hydrogen-bond donors (Lipinski definition) is 1. The van der Waals surface area contributed by atoms with E-state index < -0.39 is 5.97 Å². The van der Waals surface area contributed by atoms with Gasteiger partial charge in [-0.2, -0.15) is 0 Å². The Morgan fingerprint density at radius 1 is 1.13 bits per heavy atom. The van der Waals surface area contributed by atoms with Gasteiger partial charge in [-0.15, -0.1) is 6.58 Å². The lowest BCUT2D eigenvalue weighted by atomic mass is 10.1. The van der Waals surface area contributed by atoms with Crippen molar-refractivity contribution in [2.75, 3.05) is 13.2 Å². The number of aromatic carboxylic acids is 1. The number of benzene rings is 2. The summed E-state index contributed by atoms with van der Waals surface area (Å²) in [6.45, 7) is 4.30. The SMILES string of the molecule is C=CCc1ccccc1OCCOc1ccc(Br)cc1C(=O)O. The summed E-state index contributed by atoms with van der Waals surface area (Å²) in [5, 5.41) is 9.18. The average Bonchev–Trinajstić information content (AvgIpc) is 2.54. The Kier molecular flexibility index (Phi) is 6.23. The quantitative estimate of drug-likeness (QED) is 0.550. The fourth-order valence-corrected chi connectivity index (χ4v) is 2.43. The van der Waals surface area contributed by atoms with Gasteiger partial charge in [-0.3, -0.25) is 0 Å². The molecule has 0 saturated carbocycles. The van der Waals surface area contributed by atoms with E-state index in [1.165, 1.54) is 6.07 Å². The molecule has 1 N–H and O–H groups in total. The molecule has 0 atom stereocenters. The van der Waals surface area contributed by atoms with Crippen LogP contribution in [0.15, 0.2) is 59.6 Å². The maximum atomic E-state index is 11.2. The van der Waals surface area contributed by atoms with Crippen LogP contribution in [0.5, 0.6) is 11.5 Å². The molecule has 0 spiro atoms. The highest BCUT2D eigenvalue weighted by atomic mass is 79.9. The number of carboxylic acid groups (broad SMARTS) is 1. The Morgan fingerprint density at radius 3 is 2.52 bits per heavy atom. The highest BCUT2D eigenvalue weighted by Gasteiger charge is 2.12. The molecule has 0 amide bonds. The molecule has 2 aromatic rings.